The highest BCUT2D eigenvalue weighted by atomic mass is 16.1. The van der Waals surface area contributed by atoms with Gasteiger partial charge in [0.05, 0.1) is 11.5 Å². The van der Waals surface area contributed by atoms with Crippen molar-refractivity contribution in [2.24, 2.45) is 5.92 Å². The van der Waals surface area contributed by atoms with Gasteiger partial charge in [0.25, 0.3) is 0 Å². The monoisotopic (exact) mass is 269 g/mol. The van der Waals surface area contributed by atoms with Gasteiger partial charge in [-0.1, -0.05) is 23.8 Å². The lowest BCUT2D eigenvalue weighted by molar-refractivity contribution is -0.134. The molecule has 2 atom stereocenters. The molecule has 1 saturated heterocycles. The fourth-order valence-corrected chi connectivity index (χ4v) is 4.11. The van der Waals surface area contributed by atoms with Crippen molar-refractivity contribution in [3.8, 4) is 0 Å². The molecule has 4 rings (SSSR count). The fraction of sp³-hybridized carbons (Fsp3) is 0.611. The van der Waals surface area contributed by atoms with Crippen molar-refractivity contribution in [2.75, 3.05) is 13.1 Å². The maximum Gasteiger partial charge on any atom is 0.160 e. The molecule has 2 fully saturated rings. The highest BCUT2D eigenvalue weighted by molar-refractivity contribution is 5.97. The molecule has 0 aromatic heterocycles. The van der Waals surface area contributed by atoms with Gasteiger partial charge in [-0.05, 0) is 56.6 Å². The molecule has 0 spiro atoms. The molecule has 2 bridgehead atoms. The third-order valence-corrected chi connectivity index (χ3v) is 5.65. The van der Waals surface area contributed by atoms with Crippen LogP contribution in [0.2, 0.25) is 0 Å². The third kappa shape index (κ3) is 1.77. The fourth-order valence-electron chi connectivity index (χ4n) is 4.11. The van der Waals surface area contributed by atoms with Gasteiger partial charge in [-0.3, -0.25) is 9.69 Å². The van der Waals surface area contributed by atoms with Crippen molar-refractivity contribution in [1.29, 1.82) is 0 Å². The Kier molecular flexibility index (Phi) is 2.62. The predicted octanol–water partition coefficient (Wildman–Crippen LogP) is 2.86. The van der Waals surface area contributed by atoms with Crippen LogP contribution in [0.4, 0.5) is 0 Å². The zero-order chi connectivity index (χ0) is 13.9. The maximum absolute atomic E-state index is 13.0. The van der Waals surface area contributed by atoms with Crippen molar-refractivity contribution in [3.05, 3.63) is 34.9 Å². The summed E-state index contributed by atoms with van der Waals surface area (Å²) in [6, 6.07) is 6.84. The summed E-state index contributed by atoms with van der Waals surface area (Å²) in [5, 5.41) is 0. The largest absolute Gasteiger partial charge is 0.297 e. The van der Waals surface area contributed by atoms with Crippen LogP contribution in [0.5, 0.6) is 0 Å². The van der Waals surface area contributed by atoms with Gasteiger partial charge < -0.3 is 0 Å². The SMILES string of the molecule is Cc1ccc2c(c1)[C@]1(C)CCN(CC3CC3)[C@H](C2)C1=O. The van der Waals surface area contributed by atoms with Crippen LogP contribution in [0.15, 0.2) is 18.2 Å². The lowest BCUT2D eigenvalue weighted by Crippen LogP contribution is -2.60. The second-order valence-electron chi connectivity index (χ2n) is 7.27. The number of carbonyl (C=O) groups is 1. The Morgan fingerprint density at radius 3 is 2.90 bits per heavy atom. The lowest BCUT2D eigenvalue weighted by Gasteiger charge is -2.48. The van der Waals surface area contributed by atoms with Crippen molar-refractivity contribution in [1.82, 2.24) is 4.90 Å². The average Bonchev–Trinajstić information content (AvgIpc) is 3.22. The summed E-state index contributed by atoms with van der Waals surface area (Å²) in [6.07, 6.45) is 4.65. The number of rotatable bonds is 2. The molecule has 20 heavy (non-hydrogen) atoms. The highest BCUT2D eigenvalue weighted by Crippen LogP contribution is 2.43. The second-order valence-corrected chi connectivity index (χ2v) is 7.27. The van der Waals surface area contributed by atoms with E-state index in [0.717, 1.165) is 31.8 Å². The van der Waals surface area contributed by atoms with Crippen LogP contribution >= 0.6 is 0 Å². The van der Waals surface area contributed by atoms with E-state index in [4.69, 9.17) is 0 Å². The smallest absolute Gasteiger partial charge is 0.160 e. The Hall–Kier alpha value is -1.15. The number of fused-ring (bicyclic) bond motifs is 4. The summed E-state index contributed by atoms with van der Waals surface area (Å²) in [7, 11) is 0. The van der Waals surface area contributed by atoms with E-state index in [0.29, 0.717) is 5.78 Å². The number of carbonyl (C=O) groups excluding carboxylic acids is 1. The number of piperidine rings is 1. The van der Waals surface area contributed by atoms with Crippen LogP contribution in [-0.2, 0) is 16.6 Å². The van der Waals surface area contributed by atoms with E-state index in [-0.39, 0.29) is 11.5 Å². The van der Waals surface area contributed by atoms with E-state index in [1.807, 2.05) is 0 Å². The average molecular weight is 269 g/mol. The molecule has 3 aliphatic rings. The van der Waals surface area contributed by atoms with Gasteiger partial charge in [-0.15, -0.1) is 0 Å². The Balaban J connectivity index is 1.73. The van der Waals surface area contributed by atoms with Crippen molar-refractivity contribution in [2.45, 2.75) is 51.0 Å². The highest BCUT2D eigenvalue weighted by Gasteiger charge is 2.50. The third-order valence-electron chi connectivity index (χ3n) is 5.65. The summed E-state index contributed by atoms with van der Waals surface area (Å²) in [6.45, 7) is 6.54. The first-order valence-electron chi connectivity index (χ1n) is 7.96. The van der Waals surface area contributed by atoms with Gasteiger partial charge >= 0.3 is 0 Å². The molecule has 1 saturated carbocycles. The number of aryl methyl sites for hydroxylation is 1. The van der Waals surface area contributed by atoms with E-state index in [1.54, 1.807) is 0 Å². The number of ketones is 1. The van der Waals surface area contributed by atoms with Crippen LogP contribution in [0, 0.1) is 12.8 Å². The predicted molar refractivity (Wildman–Crippen MR) is 79.9 cm³/mol. The zero-order valence-corrected chi connectivity index (χ0v) is 12.5. The lowest BCUT2D eigenvalue weighted by atomic mass is 9.64. The molecule has 2 heteroatoms. The number of Topliss-reactive ketones (excluding diaryl/α,β-unsaturated/α-hetero) is 1. The van der Waals surface area contributed by atoms with E-state index in [2.05, 4.69) is 36.9 Å². The molecular weight excluding hydrogens is 246 g/mol. The molecule has 0 radical (unpaired) electrons. The van der Waals surface area contributed by atoms with Gasteiger partial charge in [0.15, 0.2) is 5.78 Å². The molecule has 106 valence electrons. The number of hydrogen-bond donors (Lipinski definition) is 0. The zero-order valence-electron chi connectivity index (χ0n) is 12.5. The van der Waals surface area contributed by atoms with Crippen molar-refractivity contribution in [3.63, 3.8) is 0 Å². The molecule has 0 amide bonds. The van der Waals surface area contributed by atoms with E-state index in [9.17, 15) is 4.79 Å². The molecule has 1 aliphatic heterocycles. The summed E-state index contributed by atoms with van der Waals surface area (Å²) < 4.78 is 0. The first-order chi connectivity index (χ1) is 9.58. The molecule has 0 N–H and O–H groups in total. The van der Waals surface area contributed by atoms with E-state index in [1.165, 1.54) is 29.5 Å². The molecule has 1 aromatic carbocycles. The minimum atomic E-state index is -0.232. The second kappa shape index (κ2) is 4.17. The standard InChI is InChI=1S/C18H23NO/c1-12-3-6-14-10-16-17(20)18(2,15(14)9-12)7-8-19(16)11-13-4-5-13/h3,6,9,13,16H,4-5,7-8,10-11H2,1-2H3/t16-,18+/m1/s1. The summed E-state index contributed by atoms with van der Waals surface area (Å²) in [4.78, 5) is 15.5. The summed E-state index contributed by atoms with van der Waals surface area (Å²) >= 11 is 0. The van der Waals surface area contributed by atoms with Crippen LogP contribution < -0.4 is 0 Å². The topological polar surface area (TPSA) is 20.3 Å². The van der Waals surface area contributed by atoms with Crippen molar-refractivity contribution >= 4 is 5.78 Å². The van der Waals surface area contributed by atoms with Crippen LogP contribution in [-0.4, -0.2) is 29.8 Å². The Labute approximate surface area is 121 Å². The molecule has 2 nitrogen and oxygen atoms in total. The quantitative estimate of drug-likeness (QED) is 0.823. The minimum Gasteiger partial charge on any atom is -0.297 e. The van der Waals surface area contributed by atoms with Crippen LogP contribution in [0.1, 0.15) is 42.9 Å². The normalized spacial score (nSPS) is 33.1. The van der Waals surface area contributed by atoms with Gasteiger partial charge in [0.2, 0.25) is 0 Å². The van der Waals surface area contributed by atoms with Crippen LogP contribution in [0.3, 0.4) is 0 Å². The molecular formula is C18H23NO. The van der Waals surface area contributed by atoms with E-state index < -0.39 is 0 Å². The van der Waals surface area contributed by atoms with E-state index >= 15 is 0 Å². The Morgan fingerprint density at radius 1 is 1.35 bits per heavy atom. The Bertz CT molecular complexity index is 575. The van der Waals surface area contributed by atoms with Gasteiger partial charge in [0, 0.05) is 13.1 Å². The number of benzene rings is 1. The van der Waals surface area contributed by atoms with Crippen LogP contribution in [0.25, 0.3) is 0 Å². The number of likely N-dealkylation sites (tertiary alicyclic amines) is 1. The number of nitrogens with zero attached hydrogens (tertiary/aromatic N) is 1. The first-order valence-corrected chi connectivity index (χ1v) is 7.96. The minimum absolute atomic E-state index is 0.143. The molecule has 2 aliphatic carbocycles. The van der Waals surface area contributed by atoms with Gasteiger partial charge in [-0.2, -0.15) is 0 Å². The molecule has 1 aromatic rings. The number of hydrogen-bond acceptors (Lipinski definition) is 2. The molecule has 0 unspecified atom stereocenters. The first kappa shape index (κ1) is 12.6. The summed E-state index contributed by atoms with van der Waals surface area (Å²) in [5.74, 6) is 1.34. The van der Waals surface area contributed by atoms with Crippen molar-refractivity contribution < 1.29 is 4.79 Å². The van der Waals surface area contributed by atoms with Gasteiger partial charge in [0.1, 0.15) is 0 Å². The Morgan fingerprint density at radius 2 is 2.15 bits per heavy atom. The van der Waals surface area contributed by atoms with Gasteiger partial charge in [-0.25, -0.2) is 0 Å². The maximum atomic E-state index is 13.0. The summed E-state index contributed by atoms with van der Waals surface area (Å²) in [5.41, 5.74) is 3.76. The molecule has 1 heterocycles.